The van der Waals surface area contributed by atoms with E-state index >= 15 is 0 Å². The summed E-state index contributed by atoms with van der Waals surface area (Å²) in [6.45, 7) is 6.97. The highest BCUT2D eigenvalue weighted by atomic mass is 16.3. The van der Waals surface area contributed by atoms with Crippen LogP contribution in [0.1, 0.15) is 43.1 Å². The summed E-state index contributed by atoms with van der Waals surface area (Å²) in [5, 5.41) is 19.4. The monoisotopic (exact) mass is 263 g/mol. The molecule has 1 fully saturated rings. The van der Waals surface area contributed by atoms with E-state index < -0.39 is 6.10 Å². The molecule has 1 saturated heterocycles. The lowest BCUT2D eigenvalue weighted by molar-refractivity contribution is 0.0765. The average Bonchev–Trinajstić information content (AvgIpc) is 2.74. The van der Waals surface area contributed by atoms with Gasteiger partial charge in [-0.05, 0) is 30.0 Å². The SMILES string of the molecule is CC(C)(C)c1cc(C(=O)N2CCC(O)C2)ccc1O. The molecule has 0 bridgehead atoms. The molecule has 4 nitrogen and oxygen atoms in total. The minimum Gasteiger partial charge on any atom is -0.508 e. The summed E-state index contributed by atoms with van der Waals surface area (Å²) < 4.78 is 0. The molecule has 0 spiro atoms. The van der Waals surface area contributed by atoms with Crippen molar-refractivity contribution in [2.75, 3.05) is 13.1 Å². The third-order valence-corrected chi connectivity index (χ3v) is 3.50. The fourth-order valence-electron chi connectivity index (χ4n) is 2.38. The molecule has 0 saturated carbocycles. The Morgan fingerprint density at radius 2 is 2.05 bits per heavy atom. The van der Waals surface area contributed by atoms with Gasteiger partial charge in [-0.15, -0.1) is 0 Å². The number of carbonyl (C=O) groups excluding carboxylic acids is 1. The molecule has 1 unspecified atom stereocenters. The lowest BCUT2D eigenvalue weighted by Gasteiger charge is -2.22. The molecule has 0 aliphatic carbocycles. The van der Waals surface area contributed by atoms with Gasteiger partial charge in [-0.2, -0.15) is 0 Å². The summed E-state index contributed by atoms with van der Waals surface area (Å²) in [5.74, 6) is 0.132. The van der Waals surface area contributed by atoms with Gasteiger partial charge < -0.3 is 15.1 Å². The third kappa shape index (κ3) is 2.89. The molecule has 0 aromatic heterocycles. The van der Waals surface area contributed by atoms with Crippen molar-refractivity contribution in [1.29, 1.82) is 0 Å². The van der Waals surface area contributed by atoms with Gasteiger partial charge in [0.1, 0.15) is 5.75 Å². The maximum Gasteiger partial charge on any atom is 0.253 e. The first kappa shape index (κ1) is 13.9. The van der Waals surface area contributed by atoms with Crippen LogP contribution in [0.4, 0.5) is 0 Å². The van der Waals surface area contributed by atoms with Crippen LogP contribution in [0.5, 0.6) is 5.75 Å². The predicted octanol–water partition coefficient (Wildman–Crippen LogP) is 1.90. The molecule has 1 atom stereocenters. The van der Waals surface area contributed by atoms with Crippen molar-refractivity contribution in [2.45, 2.75) is 38.7 Å². The number of aliphatic hydroxyl groups excluding tert-OH is 1. The first-order chi connectivity index (χ1) is 8.79. The smallest absolute Gasteiger partial charge is 0.253 e. The summed E-state index contributed by atoms with van der Waals surface area (Å²) in [4.78, 5) is 14.0. The average molecular weight is 263 g/mol. The van der Waals surface area contributed by atoms with Crippen LogP contribution in [0.3, 0.4) is 0 Å². The minimum atomic E-state index is -0.414. The van der Waals surface area contributed by atoms with E-state index in [0.29, 0.717) is 25.1 Å². The number of likely N-dealkylation sites (tertiary alicyclic amines) is 1. The Morgan fingerprint density at radius 1 is 1.37 bits per heavy atom. The predicted molar refractivity (Wildman–Crippen MR) is 73.3 cm³/mol. The maximum atomic E-state index is 12.3. The zero-order valence-corrected chi connectivity index (χ0v) is 11.7. The van der Waals surface area contributed by atoms with Gasteiger partial charge >= 0.3 is 0 Å². The molecule has 2 N–H and O–H groups in total. The number of hydrogen-bond donors (Lipinski definition) is 2. The summed E-state index contributed by atoms with van der Waals surface area (Å²) in [7, 11) is 0. The van der Waals surface area contributed by atoms with Crippen LogP contribution in [0, 0.1) is 0 Å². The molecule has 1 aliphatic rings. The van der Waals surface area contributed by atoms with Crippen LogP contribution in [0.15, 0.2) is 18.2 Å². The molecule has 1 amide bonds. The molecular weight excluding hydrogens is 242 g/mol. The van der Waals surface area contributed by atoms with E-state index in [0.717, 1.165) is 5.56 Å². The number of aromatic hydroxyl groups is 1. The minimum absolute atomic E-state index is 0.0814. The number of hydrogen-bond acceptors (Lipinski definition) is 3. The normalized spacial score (nSPS) is 19.8. The first-order valence-electron chi connectivity index (χ1n) is 6.60. The number of rotatable bonds is 1. The molecule has 19 heavy (non-hydrogen) atoms. The van der Waals surface area contributed by atoms with Crippen molar-refractivity contribution >= 4 is 5.91 Å². The zero-order chi connectivity index (χ0) is 14.2. The van der Waals surface area contributed by atoms with Gasteiger partial charge in [-0.25, -0.2) is 0 Å². The summed E-state index contributed by atoms with van der Waals surface area (Å²) in [5.41, 5.74) is 1.11. The number of nitrogens with zero attached hydrogens (tertiary/aromatic N) is 1. The Kier molecular flexibility index (Phi) is 3.54. The first-order valence-corrected chi connectivity index (χ1v) is 6.60. The lowest BCUT2D eigenvalue weighted by Crippen LogP contribution is -2.29. The fraction of sp³-hybridized carbons (Fsp3) is 0.533. The summed E-state index contributed by atoms with van der Waals surface area (Å²) in [6, 6.07) is 4.96. The highest BCUT2D eigenvalue weighted by molar-refractivity contribution is 5.95. The highest BCUT2D eigenvalue weighted by Crippen LogP contribution is 2.31. The number of phenols is 1. The standard InChI is InChI=1S/C15H21NO3/c1-15(2,3)12-8-10(4-5-13(12)18)14(19)16-7-6-11(17)9-16/h4-5,8,11,17-18H,6-7,9H2,1-3H3. The van der Waals surface area contributed by atoms with Crippen LogP contribution in [0.2, 0.25) is 0 Å². The van der Waals surface area contributed by atoms with Crippen molar-refractivity contribution in [1.82, 2.24) is 4.90 Å². The Bertz CT molecular complexity index is 491. The van der Waals surface area contributed by atoms with E-state index in [4.69, 9.17) is 0 Å². The fourth-order valence-corrected chi connectivity index (χ4v) is 2.38. The molecule has 104 valence electrons. The summed E-state index contributed by atoms with van der Waals surface area (Å²) >= 11 is 0. The van der Waals surface area contributed by atoms with Gasteiger partial charge in [0.2, 0.25) is 0 Å². The zero-order valence-electron chi connectivity index (χ0n) is 11.7. The number of β-amino-alcohol motifs (C(OH)–C–C–N with tert-alkyl or cyclic N) is 1. The van der Waals surface area contributed by atoms with E-state index in [-0.39, 0.29) is 17.1 Å². The topological polar surface area (TPSA) is 60.8 Å². The second-order valence-corrected chi connectivity index (χ2v) is 6.18. The number of phenolic OH excluding ortho intramolecular Hbond substituents is 1. The number of aliphatic hydroxyl groups is 1. The molecule has 4 heteroatoms. The second kappa shape index (κ2) is 4.85. The molecule has 2 rings (SSSR count). The Morgan fingerprint density at radius 3 is 2.58 bits per heavy atom. The lowest BCUT2D eigenvalue weighted by atomic mass is 9.85. The van der Waals surface area contributed by atoms with Gasteiger partial charge in [0.05, 0.1) is 6.10 Å². The molecule has 1 heterocycles. The van der Waals surface area contributed by atoms with Gasteiger partial charge in [0.15, 0.2) is 0 Å². The van der Waals surface area contributed by atoms with Gasteiger partial charge in [-0.1, -0.05) is 20.8 Å². The Hall–Kier alpha value is -1.55. The molecule has 1 aliphatic heterocycles. The molecule has 1 aromatic carbocycles. The van der Waals surface area contributed by atoms with E-state index in [1.54, 1.807) is 23.1 Å². The van der Waals surface area contributed by atoms with Crippen LogP contribution in [-0.4, -0.2) is 40.2 Å². The van der Waals surface area contributed by atoms with Crippen molar-refractivity contribution in [2.24, 2.45) is 0 Å². The van der Waals surface area contributed by atoms with E-state index in [2.05, 4.69) is 0 Å². The van der Waals surface area contributed by atoms with Crippen molar-refractivity contribution in [3.05, 3.63) is 29.3 Å². The van der Waals surface area contributed by atoms with Crippen LogP contribution < -0.4 is 0 Å². The number of benzene rings is 1. The number of amides is 1. The van der Waals surface area contributed by atoms with Crippen LogP contribution in [-0.2, 0) is 5.41 Å². The molecular formula is C15H21NO3. The van der Waals surface area contributed by atoms with Gasteiger partial charge in [-0.3, -0.25) is 4.79 Å². The van der Waals surface area contributed by atoms with E-state index in [1.807, 2.05) is 20.8 Å². The number of carbonyl (C=O) groups is 1. The summed E-state index contributed by atoms with van der Waals surface area (Å²) in [6.07, 6.45) is 0.221. The van der Waals surface area contributed by atoms with E-state index in [1.165, 1.54) is 0 Å². The van der Waals surface area contributed by atoms with Gasteiger partial charge in [0.25, 0.3) is 5.91 Å². The Balaban J connectivity index is 2.28. The third-order valence-electron chi connectivity index (χ3n) is 3.50. The van der Waals surface area contributed by atoms with Crippen LogP contribution in [0.25, 0.3) is 0 Å². The second-order valence-electron chi connectivity index (χ2n) is 6.18. The highest BCUT2D eigenvalue weighted by Gasteiger charge is 2.27. The largest absolute Gasteiger partial charge is 0.508 e. The van der Waals surface area contributed by atoms with Crippen molar-refractivity contribution < 1.29 is 15.0 Å². The Labute approximate surface area is 113 Å². The van der Waals surface area contributed by atoms with Crippen molar-refractivity contribution in [3.63, 3.8) is 0 Å². The maximum absolute atomic E-state index is 12.3. The van der Waals surface area contributed by atoms with Gasteiger partial charge in [0, 0.05) is 24.2 Å². The van der Waals surface area contributed by atoms with Crippen molar-refractivity contribution in [3.8, 4) is 5.75 Å². The molecule has 1 aromatic rings. The quantitative estimate of drug-likeness (QED) is 0.813. The molecule has 0 radical (unpaired) electrons. The van der Waals surface area contributed by atoms with E-state index in [9.17, 15) is 15.0 Å². The van der Waals surface area contributed by atoms with Crippen LogP contribution >= 0.6 is 0 Å².